The van der Waals surface area contributed by atoms with E-state index >= 15 is 0 Å². The number of thiophene rings is 1. The molecule has 0 radical (unpaired) electrons. The van der Waals surface area contributed by atoms with E-state index in [0.717, 1.165) is 24.4 Å². The number of rotatable bonds is 4. The molecule has 0 saturated carbocycles. The second-order valence-corrected chi connectivity index (χ2v) is 4.08. The van der Waals surface area contributed by atoms with E-state index in [1.165, 1.54) is 5.56 Å². The minimum absolute atomic E-state index is 0.655. The van der Waals surface area contributed by atoms with Crippen LogP contribution in [0.5, 0.6) is 0 Å². The molecule has 0 fully saturated rings. The largest absolute Gasteiger partial charge is 0.330 e. The Morgan fingerprint density at radius 1 is 1.47 bits per heavy atom. The van der Waals surface area contributed by atoms with E-state index in [0.29, 0.717) is 6.54 Å². The average molecular weight is 223 g/mol. The first-order valence-electron chi connectivity index (χ1n) is 4.82. The van der Waals surface area contributed by atoms with Crippen LogP contribution in [0.4, 0.5) is 0 Å². The van der Waals surface area contributed by atoms with Crippen molar-refractivity contribution < 1.29 is 0 Å². The van der Waals surface area contributed by atoms with E-state index < -0.39 is 0 Å². The minimum Gasteiger partial charge on any atom is -0.330 e. The maximum absolute atomic E-state index is 5.46. The van der Waals surface area contributed by atoms with Crippen LogP contribution in [0.15, 0.2) is 10.8 Å². The van der Waals surface area contributed by atoms with Crippen LogP contribution in [0.3, 0.4) is 0 Å². The van der Waals surface area contributed by atoms with Crippen molar-refractivity contribution in [3.05, 3.63) is 16.3 Å². The molecule has 2 aromatic heterocycles. The lowest BCUT2D eigenvalue weighted by atomic mass is 10.2. The van der Waals surface area contributed by atoms with Gasteiger partial charge in [0.2, 0.25) is 0 Å². The second kappa shape index (κ2) is 4.50. The summed E-state index contributed by atoms with van der Waals surface area (Å²) in [6.07, 6.45) is 0.890. The van der Waals surface area contributed by atoms with Gasteiger partial charge in [-0.05, 0) is 41.3 Å². The molecule has 0 aromatic carbocycles. The summed E-state index contributed by atoms with van der Waals surface area (Å²) >= 11 is 1.66. The number of nitrogens with two attached hydrogens (primary N) is 1. The Morgan fingerprint density at radius 3 is 3.00 bits per heavy atom. The summed E-state index contributed by atoms with van der Waals surface area (Å²) in [6, 6.07) is 0. The van der Waals surface area contributed by atoms with Crippen molar-refractivity contribution in [1.29, 1.82) is 0 Å². The van der Waals surface area contributed by atoms with Gasteiger partial charge in [-0.1, -0.05) is 0 Å². The number of aromatic nitrogens is 4. The first-order chi connectivity index (χ1) is 7.33. The molecule has 0 bridgehead atoms. The van der Waals surface area contributed by atoms with Gasteiger partial charge in [0.25, 0.3) is 0 Å². The summed E-state index contributed by atoms with van der Waals surface area (Å²) in [5, 5.41) is 15.9. The van der Waals surface area contributed by atoms with Gasteiger partial charge in [0.1, 0.15) is 0 Å². The zero-order valence-electron chi connectivity index (χ0n) is 8.55. The number of aryl methyl sites for hydroxylation is 2. The van der Waals surface area contributed by atoms with Gasteiger partial charge >= 0.3 is 0 Å². The molecule has 0 saturated heterocycles. The van der Waals surface area contributed by atoms with Crippen molar-refractivity contribution in [2.45, 2.75) is 19.9 Å². The number of hydrogen-bond acceptors (Lipinski definition) is 5. The highest BCUT2D eigenvalue weighted by Crippen LogP contribution is 2.24. The van der Waals surface area contributed by atoms with Crippen LogP contribution in [-0.4, -0.2) is 26.8 Å². The van der Waals surface area contributed by atoms with E-state index in [1.807, 2.05) is 4.68 Å². The quantitative estimate of drug-likeness (QED) is 0.841. The molecule has 0 aliphatic carbocycles. The maximum Gasteiger partial charge on any atom is 0.183 e. The monoisotopic (exact) mass is 223 g/mol. The van der Waals surface area contributed by atoms with Crippen LogP contribution in [0, 0.1) is 6.92 Å². The lowest BCUT2D eigenvalue weighted by Gasteiger charge is -2.02. The van der Waals surface area contributed by atoms with Gasteiger partial charge in [-0.15, -0.1) is 5.10 Å². The van der Waals surface area contributed by atoms with Crippen molar-refractivity contribution in [2.24, 2.45) is 5.73 Å². The molecule has 5 nitrogen and oxygen atoms in total. The summed E-state index contributed by atoms with van der Waals surface area (Å²) in [4.78, 5) is 0. The fraction of sp³-hybridized carbons (Fsp3) is 0.444. The average Bonchev–Trinajstić information content (AvgIpc) is 2.82. The van der Waals surface area contributed by atoms with Gasteiger partial charge in [-0.2, -0.15) is 11.3 Å². The highest BCUT2D eigenvalue weighted by molar-refractivity contribution is 7.08. The Bertz CT molecular complexity index is 433. The van der Waals surface area contributed by atoms with E-state index in [9.17, 15) is 0 Å². The highest BCUT2D eigenvalue weighted by Gasteiger charge is 2.11. The Kier molecular flexibility index (Phi) is 3.08. The van der Waals surface area contributed by atoms with Crippen LogP contribution in [0.2, 0.25) is 0 Å². The van der Waals surface area contributed by atoms with Gasteiger partial charge in [0.05, 0.1) is 0 Å². The fourth-order valence-corrected chi connectivity index (χ4v) is 2.21. The molecule has 0 atom stereocenters. The fourth-order valence-electron chi connectivity index (χ4n) is 1.38. The van der Waals surface area contributed by atoms with E-state index in [4.69, 9.17) is 5.73 Å². The summed E-state index contributed by atoms with van der Waals surface area (Å²) < 4.78 is 1.81. The summed E-state index contributed by atoms with van der Waals surface area (Å²) in [5.41, 5.74) is 7.79. The SMILES string of the molecule is Cc1cscc1-c1nnnn1CCCN. The normalized spacial score (nSPS) is 10.8. The van der Waals surface area contributed by atoms with Crippen LogP contribution in [-0.2, 0) is 6.54 Å². The Balaban J connectivity index is 2.29. The Labute approximate surface area is 91.9 Å². The zero-order chi connectivity index (χ0) is 10.7. The summed E-state index contributed by atoms with van der Waals surface area (Å²) in [5.74, 6) is 0.835. The van der Waals surface area contributed by atoms with Crippen LogP contribution >= 0.6 is 11.3 Å². The first kappa shape index (κ1) is 10.3. The van der Waals surface area contributed by atoms with Crippen LogP contribution < -0.4 is 5.73 Å². The number of hydrogen-bond donors (Lipinski definition) is 1. The van der Waals surface area contributed by atoms with Crippen molar-refractivity contribution in [3.63, 3.8) is 0 Å². The van der Waals surface area contributed by atoms with Crippen molar-refractivity contribution >= 4 is 11.3 Å². The van der Waals surface area contributed by atoms with Crippen molar-refractivity contribution in [1.82, 2.24) is 20.2 Å². The Hall–Kier alpha value is -1.27. The lowest BCUT2D eigenvalue weighted by molar-refractivity contribution is 0.568. The first-order valence-corrected chi connectivity index (χ1v) is 5.76. The third-order valence-electron chi connectivity index (χ3n) is 2.20. The smallest absolute Gasteiger partial charge is 0.183 e. The van der Waals surface area contributed by atoms with Crippen molar-refractivity contribution in [3.8, 4) is 11.4 Å². The second-order valence-electron chi connectivity index (χ2n) is 3.34. The molecule has 0 spiro atoms. The minimum atomic E-state index is 0.655. The summed E-state index contributed by atoms with van der Waals surface area (Å²) in [6.45, 7) is 3.49. The predicted octanol–water partition coefficient (Wildman–Crippen LogP) is 1.06. The third kappa shape index (κ3) is 2.05. The standard InChI is InChI=1S/C9H13N5S/c1-7-5-15-6-8(7)9-11-12-13-14(9)4-2-3-10/h5-6H,2-4,10H2,1H3. The van der Waals surface area contributed by atoms with Gasteiger partial charge < -0.3 is 5.73 Å². The third-order valence-corrected chi connectivity index (χ3v) is 3.06. The molecule has 2 rings (SSSR count). The predicted molar refractivity (Wildman–Crippen MR) is 59.5 cm³/mol. The summed E-state index contributed by atoms with van der Waals surface area (Å²) in [7, 11) is 0. The molecule has 2 aromatic rings. The van der Waals surface area contributed by atoms with Crippen LogP contribution in [0.1, 0.15) is 12.0 Å². The molecule has 15 heavy (non-hydrogen) atoms. The van der Waals surface area contributed by atoms with Gasteiger partial charge in [-0.25, -0.2) is 4.68 Å². The van der Waals surface area contributed by atoms with Gasteiger partial charge in [0, 0.05) is 17.5 Å². The molecular weight excluding hydrogens is 210 g/mol. The van der Waals surface area contributed by atoms with Gasteiger partial charge in [-0.3, -0.25) is 0 Å². The molecule has 0 aliphatic rings. The topological polar surface area (TPSA) is 69.6 Å². The maximum atomic E-state index is 5.46. The molecule has 6 heteroatoms. The van der Waals surface area contributed by atoms with E-state index in [2.05, 4.69) is 33.2 Å². The molecule has 0 aliphatic heterocycles. The lowest BCUT2D eigenvalue weighted by Crippen LogP contribution is -2.08. The van der Waals surface area contributed by atoms with Gasteiger partial charge in [0.15, 0.2) is 5.82 Å². The Morgan fingerprint density at radius 2 is 2.33 bits per heavy atom. The van der Waals surface area contributed by atoms with E-state index in [-0.39, 0.29) is 0 Å². The molecule has 0 amide bonds. The van der Waals surface area contributed by atoms with E-state index in [1.54, 1.807) is 11.3 Å². The molecule has 2 heterocycles. The molecule has 80 valence electrons. The highest BCUT2D eigenvalue weighted by atomic mass is 32.1. The number of tetrazole rings is 1. The number of nitrogens with zero attached hydrogens (tertiary/aromatic N) is 4. The molecule has 0 unspecified atom stereocenters. The van der Waals surface area contributed by atoms with Crippen molar-refractivity contribution in [2.75, 3.05) is 6.54 Å². The molecular formula is C9H13N5S. The molecule has 2 N–H and O–H groups in total. The zero-order valence-corrected chi connectivity index (χ0v) is 9.37. The van der Waals surface area contributed by atoms with Crippen LogP contribution in [0.25, 0.3) is 11.4 Å².